The molecular weight excluding hydrogens is 355 g/mol. The molecule has 1 aromatic rings. The number of aliphatic carboxylic acids is 1. The van der Waals surface area contributed by atoms with E-state index >= 15 is 0 Å². The Morgan fingerprint density at radius 3 is 2.32 bits per heavy atom. The third kappa shape index (κ3) is 7.20. The van der Waals surface area contributed by atoms with Crippen LogP contribution in [-0.4, -0.2) is 58.3 Å². The molecule has 1 aromatic carbocycles. The van der Waals surface area contributed by atoms with Crippen LogP contribution in [0, 0.1) is 6.92 Å². The Bertz CT molecular complexity index is 603. The highest BCUT2D eigenvalue weighted by atomic mass is 16.4. The summed E-state index contributed by atoms with van der Waals surface area (Å²) in [7, 11) is -1.33. The number of unbranched alkanes of at least 4 members (excludes halogenated alkanes) is 1. The third-order valence-electron chi connectivity index (χ3n) is 5.99. The van der Waals surface area contributed by atoms with E-state index in [1.54, 1.807) is 0 Å². The van der Waals surface area contributed by atoms with E-state index in [0.29, 0.717) is 31.6 Å². The Balaban J connectivity index is 1.71. The van der Waals surface area contributed by atoms with E-state index in [4.69, 9.17) is 15.8 Å². The number of nitrogens with two attached hydrogens (primary N) is 1. The predicted molar refractivity (Wildman–Crippen MR) is 112 cm³/mol. The van der Waals surface area contributed by atoms with E-state index in [9.17, 15) is 9.90 Å². The molecule has 1 heterocycles. The summed E-state index contributed by atoms with van der Waals surface area (Å²) in [4.78, 5) is 14.0. The first-order chi connectivity index (χ1) is 13.3. The molecule has 156 valence electrons. The van der Waals surface area contributed by atoms with Gasteiger partial charge in [0.2, 0.25) is 0 Å². The summed E-state index contributed by atoms with van der Waals surface area (Å²) in [6.07, 6.45) is 5.26. The number of aryl methyl sites for hydroxylation is 1. The first kappa shape index (κ1) is 22.9. The molecule has 0 bridgehead atoms. The first-order valence-corrected chi connectivity index (χ1v) is 10.5. The van der Waals surface area contributed by atoms with Crippen LogP contribution in [0.15, 0.2) is 24.3 Å². The average Bonchev–Trinajstić information content (AvgIpc) is 2.66. The van der Waals surface area contributed by atoms with Crippen LogP contribution >= 0.6 is 0 Å². The number of carboxylic acids is 1. The maximum absolute atomic E-state index is 11.6. The fourth-order valence-corrected chi connectivity index (χ4v) is 4.05. The topological polar surface area (TPSA) is 107 Å². The average molecular weight is 390 g/mol. The molecule has 1 atom stereocenters. The summed E-state index contributed by atoms with van der Waals surface area (Å²) in [5.74, 6) is -0.346. The Morgan fingerprint density at radius 2 is 1.75 bits per heavy atom. The molecule has 0 amide bonds. The molecule has 2 rings (SSSR count). The van der Waals surface area contributed by atoms with Crippen LogP contribution in [0.5, 0.6) is 0 Å². The molecule has 6 nitrogen and oxygen atoms in total. The second-order valence-electron chi connectivity index (χ2n) is 8.32. The minimum Gasteiger partial charge on any atom is -0.480 e. The van der Waals surface area contributed by atoms with Crippen molar-refractivity contribution >= 4 is 13.1 Å². The number of hydrogen-bond acceptors (Lipinski definition) is 5. The van der Waals surface area contributed by atoms with E-state index in [2.05, 4.69) is 36.1 Å². The van der Waals surface area contributed by atoms with Crippen LogP contribution in [0.25, 0.3) is 0 Å². The molecule has 0 radical (unpaired) electrons. The Morgan fingerprint density at radius 1 is 1.14 bits per heavy atom. The number of carbonyl (C=O) groups is 1. The SMILES string of the molecule is Cc1ccc(C2CCN(CCCC(N)(CCCCB(O)O)C(=O)O)CC2)cc1. The summed E-state index contributed by atoms with van der Waals surface area (Å²) in [6.45, 7) is 5.06. The fraction of sp³-hybridized carbons (Fsp3) is 0.667. The van der Waals surface area contributed by atoms with Gasteiger partial charge in [0, 0.05) is 0 Å². The summed E-state index contributed by atoms with van der Waals surface area (Å²) in [5.41, 5.74) is 7.63. The number of likely N-dealkylation sites (tertiary alicyclic amines) is 1. The minimum atomic E-state index is -1.33. The van der Waals surface area contributed by atoms with Gasteiger partial charge in [0.05, 0.1) is 0 Å². The van der Waals surface area contributed by atoms with E-state index in [1.165, 1.54) is 11.1 Å². The van der Waals surface area contributed by atoms with Crippen LogP contribution < -0.4 is 5.73 Å². The number of nitrogens with zero attached hydrogens (tertiary/aromatic N) is 1. The van der Waals surface area contributed by atoms with E-state index in [-0.39, 0.29) is 6.32 Å². The standard InChI is InChI=1S/C21H35BN2O4/c1-17-5-7-18(8-6-17)19-9-15-24(16-10-19)14-4-12-21(23,20(25)26)11-2-3-13-22(27)28/h5-8,19,27-28H,2-4,9-16,23H2,1H3,(H,25,26). The largest absolute Gasteiger partial charge is 0.480 e. The van der Waals surface area contributed by atoms with Gasteiger partial charge >= 0.3 is 13.1 Å². The lowest BCUT2D eigenvalue weighted by molar-refractivity contribution is -0.144. The van der Waals surface area contributed by atoms with Gasteiger partial charge in [-0.25, -0.2) is 0 Å². The first-order valence-electron chi connectivity index (χ1n) is 10.5. The van der Waals surface area contributed by atoms with Crippen molar-refractivity contribution in [2.75, 3.05) is 19.6 Å². The summed E-state index contributed by atoms with van der Waals surface area (Å²) in [5, 5.41) is 27.3. The van der Waals surface area contributed by atoms with Gasteiger partial charge in [0.25, 0.3) is 0 Å². The van der Waals surface area contributed by atoms with Gasteiger partial charge < -0.3 is 25.8 Å². The lowest BCUT2D eigenvalue weighted by atomic mass is 9.81. The van der Waals surface area contributed by atoms with Crippen molar-refractivity contribution in [1.82, 2.24) is 4.90 Å². The predicted octanol–water partition coefficient (Wildman–Crippen LogP) is 2.38. The highest BCUT2D eigenvalue weighted by molar-refractivity contribution is 6.40. The fourth-order valence-electron chi connectivity index (χ4n) is 4.05. The van der Waals surface area contributed by atoms with E-state index in [0.717, 1.165) is 38.9 Å². The van der Waals surface area contributed by atoms with Crippen molar-refractivity contribution in [3.8, 4) is 0 Å². The van der Waals surface area contributed by atoms with Gasteiger partial charge in [0.1, 0.15) is 5.54 Å². The molecule has 1 aliphatic heterocycles. The van der Waals surface area contributed by atoms with Crippen LogP contribution in [0.2, 0.25) is 6.32 Å². The second kappa shape index (κ2) is 11.0. The van der Waals surface area contributed by atoms with Gasteiger partial charge in [-0.2, -0.15) is 0 Å². The molecule has 0 spiro atoms. The van der Waals surface area contributed by atoms with Crippen LogP contribution in [0.1, 0.15) is 62.0 Å². The monoisotopic (exact) mass is 390 g/mol. The second-order valence-corrected chi connectivity index (χ2v) is 8.32. The molecule has 0 aliphatic carbocycles. The smallest absolute Gasteiger partial charge is 0.451 e. The molecule has 0 aromatic heterocycles. The molecule has 0 saturated carbocycles. The number of hydrogen-bond donors (Lipinski definition) is 4. The van der Waals surface area contributed by atoms with Crippen molar-refractivity contribution in [3.05, 3.63) is 35.4 Å². The normalized spacial score (nSPS) is 18.0. The lowest BCUT2D eigenvalue weighted by Gasteiger charge is -2.33. The van der Waals surface area contributed by atoms with Crippen molar-refractivity contribution < 1.29 is 19.9 Å². The molecule has 5 N–H and O–H groups in total. The molecule has 1 unspecified atom stereocenters. The minimum absolute atomic E-state index is 0.256. The Kier molecular flexibility index (Phi) is 8.95. The zero-order valence-corrected chi connectivity index (χ0v) is 17.0. The third-order valence-corrected chi connectivity index (χ3v) is 5.99. The molecule has 28 heavy (non-hydrogen) atoms. The molecule has 1 aliphatic rings. The van der Waals surface area contributed by atoms with Gasteiger partial charge in [-0.3, -0.25) is 4.79 Å². The van der Waals surface area contributed by atoms with Crippen LogP contribution in [-0.2, 0) is 4.79 Å². The van der Waals surface area contributed by atoms with Gasteiger partial charge in [0.15, 0.2) is 0 Å². The zero-order chi connectivity index (χ0) is 20.6. The van der Waals surface area contributed by atoms with Crippen molar-refractivity contribution in [3.63, 3.8) is 0 Å². The highest BCUT2D eigenvalue weighted by Crippen LogP contribution is 2.28. The van der Waals surface area contributed by atoms with Crippen LogP contribution in [0.4, 0.5) is 0 Å². The van der Waals surface area contributed by atoms with Gasteiger partial charge in [-0.1, -0.05) is 42.7 Å². The quantitative estimate of drug-likeness (QED) is 0.341. The highest BCUT2D eigenvalue weighted by Gasteiger charge is 2.33. The van der Waals surface area contributed by atoms with Crippen molar-refractivity contribution in [1.29, 1.82) is 0 Å². The molecule has 1 saturated heterocycles. The number of benzene rings is 1. The van der Waals surface area contributed by atoms with Gasteiger partial charge in [-0.15, -0.1) is 0 Å². The number of rotatable bonds is 11. The molecule has 1 fully saturated rings. The van der Waals surface area contributed by atoms with Gasteiger partial charge in [-0.05, 0) is 76.5 Å². The maximum Gasteiger partial charge on any atom is 0.451 e. The van der Waals surface area contributed by atoms with Crippen molar-refractivity contribution in [2.45, 2.75) is 69.6 Å². The zero-order valence-electron chi connectivity index (χ0n) is 17.0. The number of carboxylic acid groups (broad SMARTS) is 1. The maximum atomic E-state index is 11.6. The van der Waals surface area contributed by atoms with E-state index < -0.39 is 18.6 Å². The summed E-state index contributed by atoms with van der Waals surface area (Å²) < 4.78 is 0. The lowest BCUT2D eigenvalue weighted by Crippen LogP contribution is -2.48. The van der Waals surface area contributed by atoms with Crippen LogP contribution in [0.3, 0.4) is 0 Å². The Hall–Kier alpha value is -1.41. The molecular formula is C21H35BN2O4. The molecule has 7 heteroatoms. The summed E-state index contributed by atoms with van der Waals surface area (Å²) >= 11 is 0. The summed E-state index contributed by atoms with van der Waals surface area (Å²) in [6, 6.07) is 8.83. The van der Waals surface area contributed by atoms with E-state index in [1.807, 2.05) is 0 Å². The number of piperidine rings is 1. The van der Waals surface area contributed by atoms with Crippen molar-refractivity contribution in [2.24, 2.45) is 5.73 Å². The Labute approximate surface area is 168 Å².